The average Bonchev–Trinajstić information content (AvgIpc) is 2.98. The molecule has 0 fully saturated rings. The van der Waals surface area contributed by atoms with Crippen LogP contribution in [-0.2, 0) is 50.3 Å². The van der Waals surface area contributed by atoms with Crippen molar-refractivity contribution in [2.45, 2.75) is 130 Å². The van der Waals surface area contributed by atoms with Crippen LogP contribution < -0.4 is 10.6 Å². The zero-order chi connectivity index (χ0) is 38.6. The van der Waals surface area contributed by atoms with Gasteiger partial charge in [-0.2, -0.15) is 0 Å². The Hall–Kier alpha value is -4.08. The van der Waals surface area contributed by atoms with Gasteiger partial charge in [-0.3, -0.25) is 19.2 Å². The Morgan fingerprint density at radius 3 is 1.00 bits per heavy atom. The number of rotatable bonds is 10. The minimum atomic E-state index is -0.912. The zero-order valence-electron chi connectivity index (χ0n) is 32.6. The number of carbonyl (C=O) groups is 4. The maximum Gasteiger partial charge on any atom is 0.313 e. The third-order valence-electron chi connectivity index (χ3n) is 8.67. The van der Waals surface area contributed by atoms with Gasteiger partial charge in [0.05, 0.1) is 24.9 Å². The molecule has 0 spiro atoms. The van der Waals surface area contributed by atoms with Gasteiger partial charge in [-0.15, -0.1) is 0 Å². The van der Waals surface area contributed by atoms with E-state index < -0.39 is 35.6 Å². The fourth-order valence-corrected chi connectivity index (χ4v) is 5.42. The van der Waals surface area contributed by atoms with Gasteiger partial charge in [0, 0.05) is 0 Å². The quantitative estimate of drug-likeness (QED) is 0.125. The summed E-state index contributed by atoms with van der Waals surface area (Å²) in [5, 5.41) is 26.8. The van der Waals surface area contributed by atoms with Gasteiger partial charge < -0.3 is 30.3 Å². The standard InChI is InChI=1S/C40H60N2O8/c1-23(25-19-27(37(3,4)5)31(43)28(20-25)38(6,7)8)35(47)49-17-15-41-33(45)34(46)42-16-18-50-36(48)24(2)26-21-29(39(9,10)11)32(44)30(22-26)40(12,13)14/h19-24,43-44H,15-18H2,1-14H3,(H,41,45)(H,42,46). The van der Waals surface area contributed by atoms with Crippen LogP contribution in [0.3, 0.4) is 0 Å². The third-order valence-corrected chi connectivity index (χ3v) is 8.67. The number of ether oxygens (including phenoxy) is 2. The number of carbonyl (C=O) groups excluding carboxylic acids is 4. The van der Waals surface area contributed by atoms with Crippen molar-refractivity contribution in [3.8, 4) is 11.5 Å². The van der Waals surface area contributed by atoms with Gasteiger partial charge >= 0.3 is 23.8 Å². The van der Waals surface area contributed by atoms with Crippen molar-refractivity contribution in [3.63, 3.8) is 0 Å². The van der Waals surface area contributed by atoms with Crippen molar-refractivity contribution < 1.29 is 38.9 Å². The molecule has 2 aromatic rings. The van der Waals surface area contributed by atoms with Crippen molar-refractivity contribution in [1.82, 2.24) is 10.6 Å². The lowest BCUT2D eigenvalue weighted by atomic mass is 9.77. The molecule has 2 atom stereocenters. The Bertz CT molecular complexity index is 1380. The van der Waals surface area contributed by atoms with Gasteiger partial charge in [-0.1, -0.05) is 107 Å². The molecule has 10 nitrogen and oxygen atoms in total. The molecule has 0 saturated heterocycles. The van der Waals surface area contributed by atoms with Crippen molar-refractivity contribution >= 4 is 23.8 Å². The number of phenols is 2. The highest BCUT2D eigenvalue weighted by atomic mass is 16.5. The first-order chi connectivity index (χ1) is 22.7. The normalized spacial score (nSPS) is 13.6. The van der Waals surface area contributed by atoms with Crippen LogP contribution in [0.5, 0.6) is 11.5 Å². The van der Waals surface area contributed by atoms with Gasteiger partial charge in [-0.05, 0) is 68.9 Å². The summed E-state index contributed by atoms with van der Waals surface area (Å²) in [5.74, 6) is -3.63. The lowest BCUT2D eigenvalue weighted by molar-refractivity contribution is -0.146. The van der Waals surface area contributed by atoms with Crippen LogP contribution in [0.15, 0.2) is 24.3 Å². The van der Waals surface area contributed by atoms with E-state index in [1.54, 1.807) is 13.8 Å². The number of esters is 2. The molecular formula is C40H60N2O8. The SMILES string of the molecule is CC(C(=O)OCCNC(=O)C(=O)NCCOC(=O)C(C)c1cc(C(C)(C)C)c(O)c(C(C)(C)C)c1)c1cc(C(C)(C)C)c(O)c(C(C)(C)C)c1. The monoisotopic (exact) mass is 696 g/mol. The molecular weight excluding hydrogens is 636 g/mol. The number of phenolic OH excluding ortho intramolecular Hbond substituents is 2. The summed E-state index contributed by atoms with van der Waals surface area (Å²) >= 11 is 0. The van der Waals surface area contributed by atoms with E-state index in [-0.39, 0.29) is 59.5 Å². The Morgan fingerprint density at radius 2 is 0.780 bits per heavy atom. The summed E-state index contributed by atoms with van der Waals surface area (Å²) in [5.41, 5.74) is 2.98. The topological polar surface area (TPSA) is 151 Å². The lowest BCUT2D eigenvalue weighted by Gasteiger charge is -2.29. The maximum atomic E-state index is 12.9. The first kappa shape index (κ1) is 42.1. The van der Waals surface area contributed by atoms with Gasteiger partial charge in [0.25, 0.3) is 0 Å². The van der Waals surface area contributed by atoms with Gasteiger partial charge in [0.2, 0.25) is 0 Å². The molecule has 2 unspecified atom stereocenters. The highest BCUT2D eigenvalue weighted by Crippen LogP contribution is 2.42. The minimum absolute atomic E-state index is 0.0764. The maximum absolute atomic E-state index is 12.9. The molecule has 50 heavy (non-hydrogen) atoms. The van der Waals surface area contributed by atoms with E-state index in [2.05, 4.69) is 10.6 Å². The predicted molar refractivity (Wildman–Crippen MR) is 196 cm³/mol. The smallest absolute Gasteiger partial charge is 0.313 e. The second-order valence-corrected chi connectivity index (χ2v) is 17.2. The van der Waals surface area contributed by atoms with Crippen molar-refractivity contribution in [2.24, 2.45) is 0 Å². The summed E-state index contributed by atoms with van der Waals surface area (Å²) < 4.78 is 10.8. The molecule has 2 amide bonds. The fourth-order valence-electron chi connectivity index (χ4n) is 5.42. The number of benzene rings is 2. The molecule has 0 heterocycles. The van der Waals surface area contributed by atoms with E-state index >= 15 is 0 Å². The third kappa shape index (κ3) is 11.0. The highest BCUT2D eigenvalue weighted by molar-refractivity contribution is 6.35. The molecule has 2 aromatic carbocycles. The molecule has 0 radical (unpaired) electrons. The van der Waals surface area contributed by atoms with E-state index in [0.717, 1.165) is 22.3 Å². The summed E-state index contributed by atoms with van der Waals surface area (Å²) in [6, 6.07) is 7.33. The summed E-state index contributed by atoms with van der Waals surface area (Å²) in [6.45, 7) is 27.0. The summed E-state index contributed by atoms with van der Waals surface area (Å²) in [6.07, 6.45) is 0. The molecule has 0 bridgehead atoms. The van der Waals surface area contributed by atoms with E-state index in [0.29, 0.717) is 11.1 Å². The average molecular weight is 697 g/mol. The predicted octanol–water partition coefficient (Wildman–Crippen LogP) is 6.51. The van der Waals surface area contributed by atoms with Crippen molar-refractivity contribution in [1.29, 1.82) is 0 Å². The van der Waals surface area contributed by atoms with Gasteiger partial charge in [-0.25, -0.2) is 0 Å². The molecule has 4 N–H and O–H groups in total. The second kappa shape index (κ2) is 15.9. The van der Waals surface area contributed by atoms with Crippen LogP contribution >= 0.6 is 0 Å². The number of hydrogen-bond donors (Lipinski definition) is 4. The van der Waals surface area contributed by atoms with Crippen LogP contribution in [0.25, 0.3) is 0 Å². The molecule has 0 saturated carbocycles. The van der Waals surface area contributed by atoms with Crippen LogP contribution in [0.1, 0.15) is 142 Å². The molecule has 10 heteroatoms. The second-order valence-electron chi connectivity index (χ2n) is 17.2. The van der Waals surface area contributed by atoms with Gasteiger partial charge in [0.15, 0.2) is 0 Å². The van der Waals surface area contributed by atoms with E-state index in [1.807, 2.05) is 107 Å². The molecule has 2 rings (SSSR count). The summed E-state index contributed by atoms with van der Waals surface area (Å²) in [4.78, 5) is 50.4. The molecule has 0 aliphatic carbocycles. The molecule has 0 aliphatic rings. The molecule has 0 aromatic heterocycles. The van der Waals surface area contributed by atoms with Crippen molar-refractivity contribution in [3.05, 3.63) is 57.6 Å². The molecule has 278 valence electrons. The number of nitrogens with one attached hydrogen (secondary N) is 2. The van der Waals surface area contributed by atoms with Crippen LogP contribution in [0.4, 0.5) is 0 Å². The van der Waals surface area contributed by atoms with Crippen molar-refractivity contribution in [2.75, 3.05) is 26.3 Å². The number of amides is 2. The Balaban J connectivity index is 1.89. The van der Waals surface area contributed by atoms with Gasteiger partial charge in [0.1, 0.15) is 24.7 Å². The highest BCUT2D eigenvalue weighted by Gasteiger charge is 2.31. The molecule has 0 aliphatic heterocycles. The van der Waals surface area contributed by atoms with E-state index in [1.165, 1.54) is 0 Å². The first-order valence-corrected chi connectivity index (χ1v) is 17.3. The largest absolute Gasteiger partial charge is 0.507 e. The fraction of sp³-hybridized carbons (Fsp3) is 0.600. The zero-order valence-corrected chi connectivity index (χ0v) is 32.6. The first-order valence-electron chi connectivity index (χ1n) is 17.3. The summed E-state index contributed by atoms with van der Waals surface area (Å²) in [7, 11) is 0. The van der Waals surface area contributed by atoms with E-state index in [9.17, 15) is 29.4 Å². The minimum Gasteiger partial charge on any atom is -0.507 e. The Labute approximate surface area is 298 Å². The van der Waals surface area contributed by atoms with Crippen LogP contribution in [0, 0.1) is 0 Å². The lowest BCUT2D eigenvalue weighted by Crippen LogP contribution is -2.42. The number of aromatic hydroxyl groups is 2. The number of hydrogen-bond acceptors (Lipinski definition) is 8. The van der Waals surface area contributed by atoms with Crippen LogP contribution in [-0.4, -0.2) is 60.3 Å². The van der Waals surface area contributed by atoms with E-state index in [4.69, 9.17) is 9.47 Å². The Morgan fingerprint density at radius 1 is 0.540 bits per heavy atom. The van der Waals surface area contributed by atoms with Crippen LogP contribution in [0.2, 0.25) is 0 Å². The Kier molecular flexibility index (Phi) is 13.3.